The lowest BCUT2D eigenvalue weighted by Gasteiger charge is -2.29. The van der Waals surface area contributed by atoms with Crippen LogP contribution in [0.5, 0.6) is 0 Å². The van der Waals surface area contributed by atoms with Crippen LogP contribution in [0.2, 0.25) is 0 Å². The van der Waals surface area contributed by atoms with E-state index < -0.39 is 5.92 Å². The summed E-state index contributed by atoms with van der Waals surface area (Å²) in [5.74, 6) is -0.833. The Morgan fingerprint density at radius 1 is 0.973 bits per heavy atom. The van der Waals surface area contributed by atoms with Crippen molar-refractivity contribution in [2.45, 2.75) is 33.6 Å². The molecule has 1 aromatic heterocycles. The highest BCUT2D eigenvalue weighted by Crippen LogP contribution is 2.42. The maximum Gasteiger partial charge on any atom is 0.254 e. The molecular formula is C29H28N4O2S2. The van der Waals surface area contributed by atoms with E-state index in [4.69, 9.17) is 0 Å². The molecule has 3 N–H and O–H groups in total. The Hall–Kier alpha value is -3.80. The van der Waals surface area contributed by atoms with E-state index in [-0.39, 0.29) is 17.6 Å². The third kappa shape index (κ3) is 5.79. The molecule has 6 nitrogen and oxygen atoms in total. The lowest BCUT2D eigenvalue weighted by atomic mass is 9.86. The summed E-state index contributed by atoms with van der Waals surface area (Å²) >= 11 is 2.76. The van der Waals surface area contributed by atoms with Gasteiger partial charge in [0.1, 0.15) is 0 Å². The number of thiophene rings is 1. The number of benzene rings is 2. The number of para-hydroxylation sites is 1. The standard InChI is InChI=1S/C29H28N4O2S2/c1-17-10-7-12-23(19(17)3)32-25(34)16-37-29-21(15-30)27(24-13-8-14-36-24)26(20(4)31-29)28(35)33-22-11-6-5-9-18(22)2/h5-14,27,31H,16H2,1-4H3,(H,32,34)(H,33,35)/t27-/m0/s1. The molecule has 0 radical (unpaired) electrons. The van der Waals surface area contributed by atoms with E-state index in [1.54, 1.807) is 0 Å². The van der Waals surface area contributed by atoms with Crippen molar-refractivity contribution in [2.75, 3.05) is 16.4 Å². The number of nitriles is 1. The molecule has 0 saturated carbocycles. The second-order valence-electron chi connectivity index (χ2n) is 8.82. The molecule has 0 spiro atoms. The fourth-order valence-corrected chi connectivity index (χ4v) is 5.92. The lowest BCUT2D eigenvalue weighted by Crippen LogP contribution is -2.31. The van der Waals surface area contributed by atoms with E-state index in [2.05, 4.69) is 22.0 Å². The molecular weight excluding hydrogens is 500 g/mol. The van der Waals surface area contributed by atoms with Gasteiger partial charge in [-0.1, -0.05) is 48.2 Å². The van der Waals surface area contributed by atoms with Gasteiger partial charge in [-0.15, -0.1) is 11.3 Å². The summed E-state index contributed by atoms with van der Waals surface area (Å²) in [5, 5.41) is 21.9. The number of hydrogen-bond donors (Lipinski definition) is 3. The summed E-state index contributed by atoms with van der Waals surface area (Å²) in [5.41, 5.74) is 6.15. The van der Waals surface area contributed by atoms with Crippen molar-refractivity contribution in [3.05, 3.63) is 103 Å². The summed E-state index contributed by atoms with van der Waals surface area (Å²) in [6.07, 6.45) is 0. The summed E-state index contributed by atoms with van der Waals surface area (Å²) in [6, 6.07) is 19.5. The number of hydrogen-bond acceptors (Lipinski definition) is 6. The molecule has 2 heterocycles. The summed E-state index contributed by atoms with van der Waals surface area (Å²) in [6.45, 7) is 7.74. The molecule has 8 heteroatoms. The zero-order valence-electron chi connectivity index (χ0n) is 21.1. The van der Waals surface area contributed by atoms with Gasteiger partial charge >= 0.3 is 0 Å². The number of thioether (sulfide) groups is 1. The normalized spacial score (nSPS) is 15.2. The van der Waals surface area contributed by atoms with Gasteiger partial charge in [-0.3, -0.25) is 9.59 Å². The Bertz CT molecular complexity index is 1450. The number of aryl methyl sites for hydroxylation is 2. The molecule has 0 saturated heterocycles. The van der Waals surface area contributed by atoms with Gasteiger partial charge < -0.3 is 16.0 Å². The van der Waals surface area contributed by atoms with Gasteiger partial charge in [0, 0.05) is 27.5 Å². The van der Waals surface area contributed by atoms with Crippen LogP contribution in [0.15, 0.2) is 81.8 Å². The molecule has 1 aliphatic heterocycles. The zero-order chi connectivity index (χ0) is 26.5. The highest BCUT2D eigenvalue weighted by atomic mass is 32.2. The van der Waals surface area contributed by atoms with E-state index in [0.29, 0.717) is 21.9 Å². The average Bonchev–Trinajstić information content (AvgIpc) is 3.41. The average molecular weight is 529 g/mol. The molecule has 0 unspecified atom stereocenters. The third-order valence-corrected chi connectivity index (χ3v) is 8.29. The van der Waals surface area contributed by atoms with Crippen LogP contribution in [0.1, 0.15) is 34.4 Å². The fraction of sp³-hybridized carbons (Fsp3) is 0.207. The predicted octanol–water partition coefficient (Wildman–Crippen LogP) is 6.38. The van der Waals surface area contributed by atoms with Crippen molar-refractivity contribution in [1.29, 1.82) is 5.26 Å². The molecule has 3 aromatic rings. The van der Waals surface area contributed by atoms with Gasteiger partial charge in [-0.25, -0.2) is 0 Å². The fourth-order valence-electron chi connectivity index (χ4n) is 4.18. The van der Waals surface area contributed by atoms with Gasteiger partial charge in [0.25, 0.3) is 5.91 Å². The van der Waals surface area contributed by atoms with Crippen molar-refractivity contribution >= 4 is 46.3 Å². The largest absolute Gasteiger partial charge is 0.353 e. The van der Waals surface area contributed by atoms with Gasteiger partial charge in [0.05, 0.1) is 28.3 Å². The van der Waals surface area contributed by atoms with Gasteiger partial charge in [-0.2, -0.15) is 5.26 Å². The number of amides is 2. The highest BCUT2D eigenvalue weighted by Gasteiger charge is 2.35. The molecule has 2 aromatic carbocycles. The molecule has 4 rings (SSSR count). The molecule has 37 heavy (non-hydrogen) atoms. The molecule has 2 amide bonds. The summed E-state index contributed by atoms with van der Waals surface area (Å²) in [4.78, 5) is 27.2. The Labute approximate surface area is 225 Å². The van der Waals surface area contributed by atoms with Crippen molar-refractivity contribution in [1.82, 2.24) is 5.32 Å². The predicted molar refractivity (Wildman–Crippen MR) is 152 cm³/mol. The smallest absolute Gasteiger partial charge is 0.254 e. The Morgan fingerprint density at radius 3 is 2.41 bits per heavy atom. The summed E-state index contributed by atoms with van der Waals surface area (Å²) < 4.78 is 0. The monoisotopic (exact) mass is 528 g/mol. The van der Waals surface area contributed by atoms with Crippen LogP contribution < -0.4 is 16.0 Å². The lowest BCUT2D eigenvalue weighted by molar-refractivity contribution is -0.114. The molecule has 188 valence electrons. The van der Waals surface area contributed by atoms with Crippen LogP contribution in [0.25, 0.3) is 0 Å². The Balaban J connectivity index is 1.59. The number of carbonyl (C=O) groups excluding carboxylic acids is 2. The van der Waals surface area contributed by atoms with Crippen LogP contribution in [0, 0.1) is 32.1 Å². The maximum absolute atomic E-state index is 13.5. The minimum absolute atomic E-state index is 0.121. The quantitative estimate of drug-likeness (QED) is 0.331. The third-order valence-electron chi connectivity index (χ3n) is 6.34. The van der Waals surface area contributed by atoms with Gasteiger partial charge in [0.15, 0.2) is 0 Å². The molecule has 1 aliphatic rings. The second-order valence-corrected chi connectivity index (χ2v) is 10.8. The first-order valence-corrected chi connectivity index (χ1v) is 13.7. The zero-order valence-corrected chi connectivity index (χ0v) is 22.8. The van der Waals surface area contributed by atoms with E-state index in [1.165, 1.54) is 23.1 Å². The summed E-state index contributed by atoms with van der Waals surface area (Å²) in [7, 11) is 0. The van der Waals surface area contributed by atoms with Crippen LogP contribution in [-0.4, -0.2) is 17.6 Å². The van der Waals surface area contributed by atoms with E-state index in [9.17, 15) is 14.9 Å². The van der Waals surface area contributed by atoms with E-state index in [0.717, 1.165) is 32.9 Å². The number of nitrogens with zero attached hydrogens (tertiary/aromatic N) is 1. The maximum atomic E-state index is 13.5. The van der Waals surface area contributed by atoms with E-state index in [1.807, 2.05) is 87.7 Å². The van der Waals surface area contributed by atoms with Crippen LogP contribution >= 0.6 is 23.1 Å². The van der Waals surface area contributed by atoms with Crippen molar-refractivity contribution < 1.29 is 9.59 Å². The topological polar surface area (TPSA) is 94.0 Å². The molecule has 1 atom stereocenters. The van der Waals surface area contributed by atoms with Crippen molar-refractivity contribution in [2.24, 2.45) is 0 Å². The van der Waals surface area contributed by atoms with Gasteiger partial charge in [-0.05, 0) is 68.0 Å². The first-order chi connectivity index (χ1) is 17.8. The van der Waals surface area contributed by atoms with Crippen LogP contribution in [0.4, 0.5) is 11.4 Å². The SMILES string of the molecule is CC1=C(C(=O)Nc2ccccc2C)[C@H](c2cccs2)C(C#N)=C(SCC(=O)Nc2cccc(C)c2C)N1. The number of nitrogens with one attached hydrogen (secondary N) is 3. The molecule has 0 bridgehead atoms. The Morgan fingerprint density at radius 2 is 1.70 bits per heavy atom. The van der Waals surface area contributed by atoms with Crippen molar-refractivity contribution in [3.8, 4) is 6.07 Å². The Kier molecular flexibility index (Phi) is 8.17. The number of dihydropyridines is 1. The highest BCUT2D eigenvalue weighted by molar-refractivity contribution is 8.03. The van der Waals surface area contributed by atoms with Crippen molar-refractivity contribution in [3.63, 3.8) is 0 Å². The molecule has 0 fully saturated rings. The van der Waals surface area contributed by atoms with Crippen LogP contribution in [-0.2, 0) is 9.59 Å². The second kappa shape index (κ2) is 11.5. The number of anilines is 2. The number of rotatable bonds is 7. The first kappa shape index (κ1) is 26.3. The van der Waals surface area contributed by atoms with E-state index >= 15 is 0 Å². The number of carbonyl (C=O) groups is 2. The molecule has 0 aliphatic carbocycles. The van der Waals surface area contributed by atoms with Crippen LogP contribution in [0.3, 0.4) is 0 Å². The minimum Gasteiger partial charge on any atom is -0.353 e. The first-order valence-electron chi connectivity index (χ1n) is 11.8. The minimum atomic E-state index is -0.528. The van der Waals surface area contributed by atoms with Gasteiger partial charge in [0.2, 0.25) is 5.91 Å². The number of allylic oxidation sites excluding steroid dienone is 2.